The maximum absolute atomic E-state index is 13.2. The van der Waals surface area contributed by atoms with Gasteiger partial charge in [-0.1, -0.05) is 24.3 Å². The van der Waals surface area contributed by atoms with E-state index in [0.717, 1.165) is 33.0 Å². The highest BCUT2D eigenvalue weighted by atomic mass is 19.1. The molecule has 2 aromatic heterocycles. The summed E-state index contributed by atoms with van der Waals surface area (Å²) in [4.78, 5) is 4.18. The van der Waals surface area contributed by atoms with Gasteiger partial charge in [-0.15, -0.1) is 0 Å². The van der Waals surface area contributed by atoms with Crippen molar-refractivity contribution in [2.75, 3.05) is 0 Å². The summed E-state index contributed by atoms with van der Waals surface area (Å²) in [6.45, 7) is 3.98. The molecule has 0 spiro atoms. The predicted molar refractivity (Wildman–Crippen MR) is 102 cm³/mol. The van der Waals surface area contributed by atoms with E-state index in [1.54, 1.807) is 18.3 Å². The molecule has 0 amide bonds. The number of pyridine rings is 1. The van der Waals surface area contributed by atoms with Gasteiger partial charge >= 0.3 is 0 Å². The number of halogens is 1. The number of hydrogen-bond acceptors (Lipinski definition) is 2. The molecule has 0 saturated heterocycles. The monoisotopic (exact) mass is 346 g/mol. The lowest BCUT2D eigenvalue weighted by Crippen LogP contribution is -2.04. The van der Waals surface area contributed by atoms with Crippen molar-refractivity contribution in [3.8, 4) is 17.0 Å². The fourth-order valence-electron chi connectivity index (χ4n) is 3.46. The zero-order chi connectivity index (χ0) is 18.3. The minimum absolute atomic E-state index is 0.107. The second-order valence-corrected chi connectivity index (χ2v) is 6.59. The molecule has 1 atom stereocenters. The van der Waals surface area contributed by atoms with Gasteiger partial charge in [0, 0.05) is 34.9 Å². The standard InChI is InChI=1S/C22H19FN2O/c1-14-10-18(17-4-3-9-24-12-17)11-19-13-25(22(26)21(14)19)15(2)16-5-7-20(23)8-6-16/h3-13,15,26H,1-2H3/t15-/m0/s1. The number of nitrogens with zero attached hydrogens (tertiary/aromatic N) is 2. The molecule has 2 heterocycles. The fraction of sp³-hybridized carbons (Fsp3) is 0.136. The molecule has 0 saturated carbocycles. The summed E-state index contributed by atoms with van der Waals surface area (Å²) in [5, 5.41) is 12.6. The van der Waals surface area contributed by atoms with Gasteiger partial charge in [-0.25, -0.2) is 4.39 Å². The zero-order valence-electron chi connectivity index (χ0n) is 14.6. The van der Waals surface area contributed by atoms with Crippen molar-refractivity contribution < 1.29 is 9.50 Å². The average molecular weight is 346 g/mol. The molecule has 0 bridgehead atoms. The third-order valence-corrected chi connectivity index (χ3v) is 4.88. The Kier molecular flexibility index (Phi) is 3.96. The molecular formula is C22H19FN2O. The van der Waals surface area contributed by atoms with Crippen molar-refractivity contribution in [3.63, 3.8) is 0 Å². The van der Waals surface area contributed by atoms with E-state index in [9.17, 15) is 9.50 Å². The van der Waals surface area contributed by atoms with Crippen molar-refractivity contribution in [1.82, 2.24) is 9.55 Å². The van der Waals surface area contributed by atoms with Crippen LogP contribution in [-0.2, 0) is 0 Å². The molecule has 0 fully saturated rings. The van der Waals surface area contributed by atoms with Crippen molar-refractivity contribution >= 4 is 10.8 Å². The third kappa shape index (κ3) is 2.73. The molecule has 4 heteroatoms. The highest BCUT2D eigenvalue weighted by molar-refractivity contribution is 5.94. The highest BCUT2D eigenvalue weighted by Gasteiger charge is 2.17. The summed E-state index contributed by atoms with van der Waals surface area (Å²) >= 11 is 0. The van der Waals surface area contributed by atoms with Crippen LogP contribution in [0.15, 0.2) is 67.1 Å². The van der Waals surface area contributed by atoms with Gasteiger partial charge in [0.1, 0.15) is 5.82 Å². The Morgan fingerprint density at radius 3 is 2.54 bits per heavy atom. The Balaban J connectivity index is 1.83. The number of aryl methyl sites for hydroxylation is 1. The predicted octanol–water partition coefficient (Wildman–Crippen LogP) is 5.47. The van der Waals surface area contributed by atoms with E-state index < -0.39 is 0 Å². The van der Waals surface area contributed by atoms with Gasteiger partial charge in [0.15, 0.2) is 5.88 Å². The fourth-order valence-corrected chi connectivity index (χ4v) is 3.46. The van der Waals surface area contributed by atoms with Crippen LogP contribution in [0.5, 0.6) is 5.88 Å². The maximum Gasteiger partial charge on any atom is 0.199 e. The van der Waals surface area contributed by atoms with Crippen LogP contribution in [0.3, 0.4) is 0 Å². The molecule has 0 unspecified atom stereocenters. The highest BCUT2D eigenvalue weighted by Crippen LogP contribution is 2.37. The first kappa shape index (κ1) is 16.3. The number of fused-ring (bicyclic) bond motifs is 1. The van der Waals surface area contributed by atoms with Gasteiger partial charge < -0.3 is 9.67 Å². The van der Waals surface area contributed by atoms with Crippen LogP contribution >= 0.6 is 0 Å². The summed E-state index contributed by atoms with van der Waals surface area (Å²) in [5.41, 5.74) is 4.04. The second kappa shape index (κ2) is 6.30. The lowest BCUT2D eigenvalue weighted by Gasteiger charge is -2.15. The Hall–Kier alpha value is -3.14. The largest absolute Gasteiger partial charge is 0.494 e. The lowest BCUT2D eigenvalue weighted by molar-refractivity contribution is 0.412. The van der Waals surface area contributed by atoms with E-state index in [0.29, 0.717) is 0 Å². The number of aromatic hydroxyl groups is 1. The van der Waals surface area contributed by atoms with Crippen LogP contribution in [0.2, 0.25) is 0 Å². The number of aromatic nitrogens is 2. The quantitative estimate of drug-likeness (QED) is 0.534. The molecule has 0 aliphatic rings. The van der Waals surface area contributed by atoms with Gasteiger partial charge in [-0.2, -0.15) is 0 Å². The first-order chi connectivity index (χ1) is 12.5. The Morgan fingerprint density at radius 2 is 1.85 bits per heavy atom. The van der Waals surface area contributed by atoms with E-state index >= 15 is 0 Å². The smallest absolute Gasteiger partial charge is 0.199 e. The summed E-state index contributed by atoms with van der Waals surface area (Å²) < 4.78 is 15.0. The van der Waals surface area contributed by atoms with Crippen LogP contribution in [0, 0.1) is 12.7 Å². The maximum atomic E-state index is 13.2. The SMILES string of the molecule is Cc1cc(-c2cccnc2)cc2cn([C@@H](C)c3ccc(F)cc3)c(O)c12. The number of rotatable bonds is 3. The van der Waals surface area contributed by atoms with Crippen molar-refractivity contribution in [2.45, 2.75) is 19.9 Å². The molecule has 2 aromatic carbocycles. The molecule has 3 nitrogen and oxygen atoms in total. The van der Waals surface area contributed by atoms with E-state index in [4.69, 9.17) is 0 Å². The van der Waals surface area contributed by atoms with Gasteiger partial charge in [-0.05, 0) is 54.8 Å². The number of hydrogen-bond donors (Lipinski definition) is 1. The summed E-state index contributed by atoms with van der Waals surface area (Å²) in [6, 6.07) is 14.3. The first-order valence-electron chi connectivity index (χ1n) is 8.54. The first-order valence-corrected chi connectivity index (χ1v) is 8.54. The molecule has 130 valence electrons. The van der Waals surface area contributed by atoms with Crippen molar-refractivity contribution in [2.24, 2.45) is 0 Å². The molecular weight excluding hydrogens is 327 g/mol. The molecule has 0 aliphatic carbocycles. The van der Waals surface area contributed by atoms with Gasteiger partial charge in [-0.3, -0.25) is 4.98 Å². The van der Waals surface area contributed by atoms with Crippen LogP contribution in [0.4, 0.5) is 4.39 Å². The molecule has 4 aromatic rings. The van der Waals surface area contributed by atoms with Crippen LogP contribution in [0.1, 0.15) is 24.1 Å². The van der Waals surface area contributed by atoms with Gasteiger partial charge in [0.25, 0.3) is 0 Å². The topological polar surface area (TPSA) is 38.0 Å². The molecule has 26 heavy (non-hydrogen) atoms. The minimum Gasteiger partial charge on any atom is -0.494 e. The van der Waals surface area contributed by atoms with Crippen molar-refractivity contribution in [3.05, 3.63) is 84.1 Å². The molecule has 0 aliphatic heterocycles. The number of benzene rings is 2. The molecule has 0 radical (unpaired) electrons. The van der Waals surface area contributed by atoms with E-state index in [1.165, 1.54) is 12.1 Å². The van der Waals surface area contributed by atoms with Crippen LogP contribution in [-0.4, -0.2) is 14.7 Å². The normalized spacial score (nSPS) is 12.4. The minimum atomic E-state index is -0.264. The lowest BCUT2D eigenvalue weighted by atomic mass is 10.0. The zero-order valence-corrected chi connectivity index (χ0v) is 14.6. The molecule has 1 N–H and O–H groups in total. The second-order valence-electron chi connectivity index (χ2n) is 6.59. The van der Waals surface area contributed by atoms with E-state index in [1.807, 2.05) is 42.9 Å². The van der Waals surface area contributed by atoms with Gasteiger partial charge in [0.05, 0.1) is 6.04 Å². The Morgan fingerprint density at radius 1 is 1.08 bits per heavy atom. The summed E-state index contributed by atoms with van der Waals surface area (Å²) in [7, 11) is 0. The van der Waals surface area contributed by atoms with Gasteiger partial charge in [0.2, 0.25) is 0 Å². The van der Waals surface area contributed by atoms with Crippen LogP contribution in [0.25, 0.3) is 21.9 Å². The van der Waals surface area contributed by atoms with E-state index in [2.05, 4.69) is 17.1 Å². The Labute approximate surface area is 151 Å². The van der Waals surface area contributed by atoms with Crippen molar-refractivity contribution in [1.29, 1.82) is 0 Å². The molecule has 4 rings (SSSR count). The average Bonchev–Trinajstić information content (AvgIpc) is 2.99. The van der Waals surface area contributed by atoms with E-state index in [-0.39, 0.29) is 17.7 Å². The summed E-state index contributed by atoms with van der Waals surface area (Å²) in [6.07, 6.45) is 5.53. The Bertz CT molecular complexity index is 1070. The summed E-state index contributed by atoms with van der Waals surface area (Å²) in [5.74, 6) is -0.0353. The third-order valence-electron chi connectivity index (χ3n) is 4.88. The van der Waals surface area contributed by atoms with Crippen LogP contribution < -0.4 is 0 Å².